The van der Waals surface area contributed by atoms with Gasteiger partial charge in [0.1, 0.15) is 18.9 Å². The molecule has 0 saturated carbocycles. The van der Waals surface area contributed by atoms with Crippen molar-refractivity contribution in [3.05, 3.63) is 63.4 Å². The Morgan fingerprint density at radius 3 is 2.76 bits per heavy atom. The molecule has 1 aromatic heterocycles. The third-order valence-electron chi connectivity index (χ3n) is 3.63. The van der Waals surface area contributed by atoms with Crippen molar-refractivity contribution < 1.29 is 23.5 Å². The Bertz CT molecular complexity index is 851. The van der Waals surface area contributed by atoms with Gasteiger partial charge >= 0.3 is 13.9 Å². The number of hydrogen-bond acceptors (Lipinski definition) is 7. The van der Waals surface area contributed by atoms with E-state index >= 15 is 0 Å². The molecule has 1 aliphatic heterocycles. The predicted molar refractivity (Wildman–Crippen MR) is 86.5 cm³/mol. The monoisotopic (exact) mass is 367 g/mol. The summed E-state index contributed by atoms with van der Waals surface area (Å²) in [4.78, 5) is 25.0. The standard InChI is InChI=1S/C15H15N2O7P/c18-11-8-14(17-7-6-13(19)16-15(17)20)23-12(11)9-22-25(21)24-10-4-2-1-3-5-10/h1-7,11-12,14,18H,8-9H2/p+1/t11-,12?,14?/m0/s1. The van der Waals surface area contributed by atoms with Crippen LogP contribution in [0.15, 0.2) is 52.2 Å². The number of aliphatic hydroxyl groups excluding tert-OH is 1. The average Bonchev–Trinajstić information content (AvgIpc) is 2.94. The largest absolute Gasteiger partial charge is 0.750 e. The highest BCUT2D eigenvalue weighted by atomic mass is 31.1. The molecule has 1 aromatic carbocycles. The number of nitrogens with one attached hydrogen (secondary N) is 1. The zero-order chi connectivity index (χ0) is 17.8. The lowest BCUT2D eigenvalue weighted by Gasteiger charge is -2.13. The first-order valence-electron chi connectivity index (χ1n) is 7.51. The maximum Gasteiger partial charge on any atom is 0.750 e. The van der Waals surface area contributed by atoms with E-state index in [2.05, 4.69) is 4.98 Å². The summed E-state index contributed by atoms with van der Waals surface area (Å²) in [5, 5.41) is 10.0. The van der Waals surface area contributed by atoms with E-state index in [1.165, 1.54) is 16.8 Å². The molecule has 10 heteroatoms. The van der Waals surface area contributed by atoms with Gasteiger partial charge in [-0.3, -0.25) is 14.3 Å². The van der Waals surface area contributed by atoms with Crippen LogP contribution in [0.4, 0.5) is 0 Å². The molecule has 2 aromatic rings. The first kappa shape index (κ1) is 17.5. The summed E-state index contributed by atoms with van der Waals surface area (Å²) in [7, 11) is -2.43. The molecule has 9 nitrogen and oxygen atoms in total. The zero-order valence-electron chi connectivity index (χ0n) is 13.0. The molecule has 4 atom stereocenters. The van der Waals surface area contributed by atoms with Gasteiger partial charge in [-0.05, 0) is 12.1 Å². The molecule has 3 unspecified atom stereocenters. The van der Waals surface area contributed by atoms with Crippen molar-refractivity contribution in [2.75, 3.05) is 6.61 Å². The molecule has 0 bridgehead atoms. The van der Waals surface area contributed by atoms with E-state index < -0.39 is 37.9 Å². The molecule has 0 radical (unpaired) electrons. The number of para-hydroxylation sites is 1. The summed E-state index contributed by atoms with van der Waals surface area (Å²) < 4.78 is 28.7. The number of H-pyrrole nitrogens is 1. The Morgan fingerprint density at radius 1 is 1.28 bits per heavy atom. The van der Waals surface area contributed by atoms with E-state index in [9.17, 15) is 19.3 Å². The number of ether oxygens (including phenoxy) is 1. The second-order valence-corrected chi connectivity index (χ2v) is 6.26. The van der Waals surface area contributed by atoms with Crippen LogP contribution in [0.2, 0.25) is 0 Å². The van der Waals surface area contributed by atoms with Crippen LogP contribution in [-0.4, -0.2) is 33.5 Å². The van der Waals surface area contributed by atoms with Crippen LogP contribution in [0, 0.1) is 0 Å². The van der Waals surface area contributed by atoms with E-state index in [4.69, 9.17) is 13.8 Å². The molecule has 0 amide bonds. The Labute approximate surface area is 142 Å². The number of benzene rings is 1. The summed E-state index contributed by atoms with van der Waals surface area (Å²) in [6.07, 6.45) is -1.01. The summed E-state index contributed by atoms with van der Waals surface area (Å²) in [6, 6.07) is 9.71. The minimum Gasteiger partial charge on any atom is -0.390 e. The Morgan fingerprint density at radius 2 is 2.04 bits per heavy atom. The molecular weight excluding hydrogens is 351 g/mol. The van der Waals surface area contributed by atoms with Gasteiger partial charge in [-0.2, -0.15) is 0 Å². The maximum atomic E-state index is 11.8. The van der Waals surface area contributed by atoms with Crippen molar-refractivity contribution in [1.29, 1.82) is 0 Å². The third-order valence-corrected chi connectivity index (χ3v) is 4.35. The van der Waals surface area contributed by atoms with Crippen LogP contribution in [0.1, 0.15) is 12.6 Å². The van der Waals surface area contributed by atoms with Crippen molar-refractivity contribution in [1.82, 2.24) is 9.55 Å². The van der Waals surface area contributed by atoms with Crippen molar-refractivity contribution in [2.45, 2.75) is 24.9 Å². The van der Waals surface area contributed by atoms with Crippen LogP contribution in [-0.2, 0) is 13.8 Å². The molecule has 1 saturated heterocycles. The SMILES string of the molecule is O=c1ccn(C2C[C@H](O)C(CO[P+](=O)Oc3ccccc3)O2)c(=O)[nH]1. The summed E-state index contributed by atoms with van der Waals surface area (Å²) >= 11 is 0. The molecular formula is C15H16N2O7P+. The van der Waals surface area contributed by atoms with Crippen LogP contribution < -0.4 is 15.8 Å². The smallest absolute Gasteiger partial charge is 0.390 e. The van der Waals surface area contributed by atoms with Crippen molar-refractivity contribution >= 4 is 8.25 Å². The molecule has 3 rings (SSSR count). The van der Waals surface area contributed by atoms with E-state index in [0.717, 1.165) is 0 Å². The molecule has 1 fully saturated rings. The maximum absolute atomic E-state index is 11.8. The summed E-state index contributed by atoms with van der Waals surface area (Å²) in [5.41, 5.74) is -1.15. The molecule has 2 N–H and O–H groups in total. The van der Waals surface area contributed by atoms with Crippen LogP contribution >= 0.6 is 8.25 Å². The topological polar surface area (TPSA) is 120 Å². The minimum atomic E-state index is -2.43. The molecule has 0 spiro atoms. The quantitative estimate of drug-likeness (QED) is 0.729. The lowest BCUT2D eigenvalue weighted by Crippen LogP contribution is -2.31. The van der Waals surface area contributed by atoms with Crippen molar-refractivity contribution in [3.63, 3.8) is 0 Å². The van der Waals surface area contributed by atoms with Crippen LogP contribution in [0.5, 0.6) is 5.75 Å². The van der Waals surface area contributed by atoms with Crippen LogP contribution in [0.3, 0.4) is 0 Å². The van der Waals surface area contributed by atoms with Gasteiger partial charge < -0.3 is 9.84 Å². The minimum absolute atomic E-state index is 0.135. The van der Waals surface area contributed by atoms with Gasteiger partial charge in [-0.1, -0.05) is 18.2 Å². The fraction of sp³-hybridized carbons (Fsp3) is 0.333. The highest BCUT2D eigenvalue weighted by molar-refractivity contribution is 7.33. The van der Waals surface area contributed by atoms with Gasteiger partial charge in [0.05, 0.1) is 6.10 Å². The fourth-order valence-corrected chi connectivity index (χ4v) is 3.03. The second-order valence-electron chi connectivity index (χ2n) is 5.37. The number of rotatable bonds is 6. The molecule has 25 heavy (non-hydrogen) atoms. The van der Waals surface area contributed by atoms with Gasteiger partial charge in [0.25, 0.3) is 5.56 Å². The Balaban J connectivity index is 1.56. The summed E-state index contributed by atoms with van der Waals surface area (Å²) in [5.74, 6) is 0.397. The van der Waals surface area contributed by atoms with Gasteiger partial charge in [0, 0.05) is 23.2 Å². The highest BCUT2D eigenvalue weighted by Gasteiger charge is 2.38. The molecule has 1 aliphatic rings. The first-order valence-corrected chi connectivity index (χ1v) is 8.60. The summed E-state index contributed by atoms with van der Waals surface area (Å²) in [6.45, 7) is -0.169. The molecule has 0 aliphatic carbocycles. The third kappa shape index (κ3) is 4.40. The lowest BCUT2D eigenvalue weighted by atomic mass is 10.2. The van der Waals surface area contributed by atoms with E-state index in [-0.39, 0.29) is 13.0 Å². The zero-order valence-corrected chi connectivity index (χ0v) is 13.9. The number of nitrogens with zero attached hydrogens (tertiary/aromatic N) is 1. The van der Waals surface area contributed by atoms with Gasteiger partial charge in [0.15, 0.2) is 5.75 Å². The molecule has 2 heterocycles. The number of aromatic nitrogens is 2. The van der Waals surface area contributed by atoms with Gasteiger partial charge in [0.2, 0.25) is 0 Å². The number of hydrogen-bond donors (Lipinski definition) is 2. The van der Waals surface area contributed by atoms with E-state index in [0.29, 0.717) is 5.75 Å². The lowest BCUT2D eigenvalue weighted by molar-refractivity contribution is -0.0410. The fourth-order valence-electron chi connectivity index (χ4n) is 2.42. The second kappa shape index (κ2) is 7.71. The van der Waals surface area contributed by atoms with Crippen molar-refractivity contribution in [2.24, 2.45) is 0 Å². The first-order chi connectivity index (χ1) is 12.0. The van der Waals surface area contributed by atoms with Crippen LogP contribution in [0.25, 0.3) is 0 Å². The predicted octanol–water partition coefficient (Wildman–Crippen LogP) is 0.938. The molecule has 132 valence electrons. The van der Waals surface area contributed by atoms with Gasteiger partial charge in [-0.25, -0.2) is 9.32 Å². The average molecular weight is 367 g/mol. The Hall–Kier alpha value is -2.32. The van der Waals surface area contributed by atoms with Gasteiger partial charge in [-0.15, -0.1) is 4.52 Å². The van der Waals surface area contributed by atoms with E-state index in [1.807, 2.05) is 0 Å². The van der Waals surface area contributed by atoms with E-state index in [1.54, 1.807) is 30.3 Å². The normalized spacial score (nSPS) is 23.4. The Kier molecular flexibility index (Phi) is 5.40. The number of aliphatic hydroxyl groups is 1. The van der Waals surface area contributed by atoms with Crippen molar-refractivity contribution in [3.8, 4) is 5.75 Å². The highest BCUT2D eigenvalue weighted by Crippen LogP contribution is 2.32. The number of aromatic amines is 1.